The Morgan fingerprint density at radius 2 is 1.68 bits per heavy atom. The number of methoxy groups -OCH3 is 3. The molecule has 1 heterocycles. The van der Waals surface area contributed by atoms with Gasteiger partial charge in [-0.2, -0.15) is 0 Å². The summed E-state index contributed by atoms with van der Waals surface area (Å²) in [5.41, 5.74) is 4.83. The molecule has 1 atom stereocenters. The number of benzene rings is 2. The highest BCUT2D eigenvalue weighted by molar-refractivity contribution is 7.80. The van der Waals surface area contributed by atoms with Crippen molar-refractivity contribution < 1.29 is 19.0 Å². The number of rotatable bonds is 6. The molecule has 1 aliphatic rings. The molecule has 3 rings (SSSR count). The largest absolute Gasteiger partial charge is 0.493 e. The fourth-order valence-corrected chi connectivity index (χ4v) is 3.86. The molecule has 0 fully saturated rings. The molecule has 0 aliphatic carbocycles. The molecule has 0 bridgehead atoms. The number of hydrogen-bond donors (Lipinski definition) is 3. The van der Waals surface area contributed by atoms with Crippen molar-refractivity contribution in [2.45, 2.75) is 26.8 Å². The molecular formula is C23H27N3O4S. The van der Waals surface area contributed by atoms with E-state index in [0.717, 1.165) is 22.4 Å². The van der Waals surface area contributed by atoms with Crippen molar-refractivity contribution in [2.75, 3.05) is 26.6 Å². The second-order valence-corrected chi connectivity index (χ2v) is 7.64. The van der Waals surface area contributed by atoms with Crippen LogP contribution in [0.4, 0.5) is 5.69 Å². The first kappa shape index (κ1) is 22.4. The fraction of sp³-hybridized carbons (Fsp3) is 0.304. The molecule has 0 saturated carbocycles. The fourth-order valence-electron chi connectivity index (χ4n) is 3.59. The number of anilines is 1. The first-order chi connectivity index (χ1) is 14.8. The lowest BCUT2D eigenvalue weighted by Crippen LogP contribution is -2.45. The number of carbonyl (C=O) groups excluding carboxylic acids is 1. The minimum Gasteiger partial charge on any atom is -0.493 e. The molecule has 0 spiro atoms. The molecule has 0 aromatic heterocycles. The zero-order valence-electron chi connectivity index (χ0n) is 18.5. The number of allylic oxidation sites excluding steroid dienone is 1. The predicted molar refractivity (Wildman–Crippen MR) is 125 cm³/mol. The van der Waals surface area contributed by atoms with Crippen LogP contribution in [-0.2, 0) is 4.79 Å². The van der Waals surface area contributed by atoms with Crippen LogP contribution in [0.5, 0.6) is 17.2 Å². The van der Waals surface area contributed by atoms with Crippen LogP contribution in [0.1, 0.15) is 29.7 Å². The van der Waals surface area contributed by atoms with E-state index in [1.54, 1.807) is 21.3 Å². The summed E-state index contributed by atoms with van der Waals surface area (Å²) in [5, 5.41) is 9.72. The summed E-state index contributed by atoms with van der Waals surface area (Å²) in [6, 6.07) is 8.93. The number of carbonyl (C=O) groups is 1. The van der Waals surface area contributed by atoms with Crippen LogP contribution < -0.4 is 30.2 Å². The van der Waals surface area contributed by atoms with Gasteiger partial charge in [0.15, 0.2) is 16.6 Å². The lowest BCUT2D eigenvalue weighted by atomic mass is 9.94. The third-order valence-corrected chi connectivity index (χ3v) is 5.61. The van der Waals surface area contributed by atoms with E-state index in [-0.39, 0.29) is 5.91 Å². The summed E-state index contributed by atoms with van der Waals surface area (Å²) in [6.45, 7) is 5.82. The summed E-state index contributed by atoms with van der Waals surface area (Å²) in [7, 11) is 4.65. The highest BCUT2D eigenvalue weighted by atomic mass is 32.1. The lowest BCUT2D eigenvalue weighted by molar-refractivity contribution is -0.113. The van der Waals surface area contributed by atoms with E-state index in [0.29, 0.717) is 33.6 Å². The third-order valence-electron chi connectivity index (χ3n) is 5.39. The van der Waals surface area contributed by atoms with Gasteiger partial charge in [-0.15, -0.1) is 0 Å². The molecular weight excluding hydrogens is 414 g/mol. The van der Waals surface area contributed by atoms with E-state index in [1.165, 1.54) is 0 Å². The average Bonchev–Trinajstić information content (AvgIpc) is 2.75. The van der Waals surface area contributed by atoms with Crippen molar-refractivity contribution in [1.82, 2.24) is 10.6 Å². The second kappa shape index (κ2) is 9.26. The van der Waals surface area contributed by atoms with Gasteiger partial charge in [0.05, 0.1) is 32.9 Å². The van der Waals surface area contributed by atoms with Crippen molar-refractivity contribution in [3.63, 3.8) is 0 Å². The number of aryl methyl sites for hydroxylation is 1. The van der Waals surface area contributed by atoms with E-state index < -0.39 is 6.04 Å². The van der Waals surface area contributed by atoms with E-state index in [2.05, 4.69) is 16.0 Å². The van der Waals surface area contributed by atoms with Crippen molar-refractivity contribution in [2.24, 2.45) is 0 Å². The number of thiocarbonyl (C=S) groups is 1. The van der Waals surface area contributed by atoms with Crippen molar-refractivity contribution in [1.29, 1.82) is 0 Å². The summed E-state index contributed by atoms with van der Waals surface area (Å²) in [4.78, 5) is 13.4. The average molecular weight is 442 g/mol. The number of ether oxygens (including phenoxy) is 3. The van der Waals surface area contributed by atoms with E-state index in [9.17, 15) is 4.79 Å². The summed E-state index contributed by atoms with van der Waals surface area (Å²) < 4.78 is 16.4. The topological polar surface area (TPSA) is 80.9 Å². The zero-order chi connectivity index (χ0) is 22.7. The molecule has 0 unspecified atom stereocenters. The maximum absolute atomic E-state index is 13.4. The maximum Gasteiger partial charge on any atom is 0.255 e. The Bertz CT molecular complexity index is 1040. The second-order valence-electron chi connectivity index (χ2n) is 7.23. The molecule has 31 heavy (non-hydrogen) atoms. The molecule has 0 radical (unpaired) electrons. The van der Waals surface area contributed by atoms with Gasteiger partial charge >= 0.3 is 0 Å². The first-order valence-corrected chi connectivity index (χ1v) is 10.2. The van der Waals surface area contributed by atoms with Crippen LogP contribution in [0, 0.1) is 13.8 Å². The van der Waals surface area contributed by atoms with Gasteiger partial charge in [0.2, 0.25) is 5.75 Å². The minimum atomic E-state index is -0.507. The molecule has 1 aliphatic heterocycles. The number of amides is 1. The Kier molecular flexibility index (Phi) is 6.70. The standard InChI is InChI=1S/C23H27N3O4S/c1-12-8-7-9-16(13(12)2)25-22(27)19-14(3)24-23(31)26-20(19)15-10-17(28-4)21(30-6)18(11-15)29-5/h7-11,20H,1-6H3,(H,25,27)(H2,24,26,31)/t20-/m0/s1. The van der Waals surface area contributed by atoms with Crippen LogP contribution in [0.15, 0.2) is 41.6 Å². The van der Waals surface area contributed by atoms with E-state index in [1.807, 2.05) is 51.1 Å². The van der Waals surface area contributed by atoms with Gasteiger partial charge in [-0.3, -0.25) is 4.79 Å². The predicted octanol–water partition coefficient (Wildman–Crippen LogP) is 3.76. The van der Waals surface area contributed by atoms with Crippen LogP contribution in [0.2, 0.25) is 0 Å². The zero-order valence-corrected chi connectivity index (χ0v) is 19.3. The summed E-state index contributed by atoms with van der Waals surface area (Å²) in [5.74, 6) is 1.24. The van der Waals surface area contributed by atoms with Crippen LogP contribution in [0.3, 0.4) is 0 Å². The molecule has 8 heteroatoms. The summed E-state index contributed by atoms with van der Waals surface area (Å²) >= 11 is 5.36. The highest BCUT2D eigenvalue weighted by Crippen LogP contribution is 2.41. The minimum absolute atomic E-state index is 0.229. The Hall–Kier alpha value is -3.26. The highest BCUT2D eigenvalue weighted by Gasteiger charge is 2.31. The van der Waals surface area contributed by atoms with Gasteiger partial charge in [-0.1, -0.05) is 12.1 Å². The van der Waals surface area contributed by atoms with E-state index in [4.69, 9.17) is 26.4 Å². The van der Waals surface area contributed by atoms with Crippen molar-refractivity contribution >= 4 is 28.9 Å². The van der Waals surface area contributed by atoms with Crippen LogP contribution in [0.25, 0.3) is 0 Å². The first-order valence-electron chi connectivity index (χ1n) is 9.76. The van der Waals surface area contributed by atoms with Gasteiger partial charge in [-0.25, -0.2) is 0 Å². The molecule has 1 amide bonds. The van der Waals surface area contributed by atoms with Crippen molar-refractivity contribution in [3.8, 4) is 17.2 Å². The maximum atomic E-state index is 13.4. The third kappa shape index (κ3) is 4.44. The quantitative estimate of drug-likeness (QED) is 0.589. The molecule has 3 N–H and O–H groups in total. The molecule has 164 valence electrons. The lowest BCUT2D eigenvalue weighted by Gasteiger charge is -2.31. The monoisotopic (exact) mass is 441 g/mol. The number of nitrogens with one attached hydrogen (secondary N) is 3. The molecule has 2 aromatic rings. The van der Waals surface area contributed by atoms with Gasteiger partial charge in [0.1, 0.15) is 0 Å². The SMILES string of the molecule is COc1cc([C@@H]2NC(=S)NC(C)=C2C(=O)Nc2cccc(C)c2C)cc(OC)c1OC. The molecule has 2 aromatic carbocycles. The van der Waals surface area contributed by atoms with Gasteiger partial charge < -0.3 is 30.2 Å². The Morgan fingerprint density at radius 1 is 1.03 bits per heavy atom. The van der Waals surface area contributed by atoms with Crippen LogP contribution in [-0.4, -0.2) is 32.3 Å². The Morgan fingerprint density at radius 3 is 2.26 bits per heavy atom. The van der Waals surface area contributed by atoms with Gasteiger partial charge in [0, 0.05) is 11.4 Å². The molecule has 0 saturated heterocycles. The normalized spacial score (nSPS) is 15.7. The van der Waals surface area contributed by atoms with E-state index >= 15 is 0 Å². The number of hydrogen-bond acceptors (Lipinski definition) is 5. The summed E-state index contributed by atoms with van der Waals surface area (Å²) in [6.07, 6.45) is 0. The molecule has 7 nitrogen and oxygen atoms in total. The van der Waals surface area contributed by atoms with Gasteiger partial charge in [0.25, 0.3) is 5.91 Å². The van der Waals surface area contributed by atoms with Crippen molar-refractivity contribution in [3.05, 3.63) is 58.3 Å². The van der Waals surface area contributed by atoms with Crippen LogP contribution >= 0.6 is 12.2 Å². The van der Waals surface area contributed by atoms with Gasteiger partial charge in [-0.05, 0) is 67.9 Å². The smallest absolute Gasteiger partial charge is 0.255 e. The Labute approximate surface area is 187 Å². The Balaban J connectivity index is 2.06.